The Balaban J connectivity index is 1.09. The molecule has 0 radical (unpaired) electrons. The van der Waals surface area contributed by atoms with E-state index in [0.29, 0.717) is 17.8 Å². The van der Waals surface area contributed by atoms with Crippen molar-refractivity contribution in [2.75, 3.05) is 5.32 Å². The van der Waals surface area contributed by atoms with Crippen molar-refractivity contribution in [3.63, 3.8) is 0 Å². The van der Waals surface area contributed by atoms with Gasteiger partial charge in [0.25, 0.3) is 0 Å². The van der Waals surface area contributed by atoms with Gasteiger partial charge in [-0.15, -0.1) is 0 Å². The minimum absolute atomic E-state index is 0.0884. The summed E-state index contributed by atoms with van der Waals surface area (Å²) in [7, 11) is 0. The number of nitrogens with one attached hydrogen (secondary N) is 1. The number of hydrogen-bond donors (Lipinski definition) is 2. The van der Waals surface area contributed by atoms with Crippen molar-refractivity contribution in [2.45, 2.75) is 76.5 Å². The van der Waals surface area contributed by atoms with Gasteiger partial charge in [0, 0.05) is 5.92 Å². The molecule has 5 nitrogen and oxygen atoms in total. The molecule has 8 saturated carbocycles. The number of primary amides is 1. The van der Waals surface area contributed by atoms with Crippen LogP contribution in [0.5, 0.6) is 0 Å². The van der Waals surface area contributed by atoms with Crippen molar-refractivity contribution >= 4 is 38.5 Å². The van der Waals surface area contributed by atoms with Gasteiger partial charge in [0.05, 0.1) is 21.0 Å². The van der Waals surface area contributed by atoms with Crippen molar-refractivity contribution in [1.29, 1.82) is 0 Å². The SMILES string of the molecule is NC(=O)C12CC3CC(CC(C3)C1c1ccc3nc(NC(=O)C45CC6CC(CC(C6)C4)C5)sc3c1)C2. The van der Waals surface area contributed by atoms with E-state index in [-0.39, 0.29) is 28.6 Å². The van der Waals surface area contributed by atoms with Crippen molar-refractivity contribution in [2.24, 2.45) is 52.1 Å². The molecule has 10 rings (SSSR count). The summed E-state index contributed by atoms with van der Waals surface area (Å²) in [4.78, 5) is 31.2. The van der Waals surface area contributed by atoms with E-state index in [9.17, 15) is 9.59 Å². The number of rotatable bonds is 4. The van der Waals surface area contributed by atoms with E-state index in [0.717, 1.165) is 65.2 Å². The second-order valence-electron chi connectivity index (χ2n) is 13.5. The molecule has 0 aliphatic heterocycles. The van der Waals surface area contributed by atoms with Crippen LogP contribution in [0.4, 0.5) is 5.13 Å². The number of fused-ring (bicyclic) bond motifs is 1. The van der Waals surface area contributed by atoms with Gasteiger partial charge in [0.1, 0.15) is 0 Å². The summed E-state index contributed by atoms with van der Waals surface area (Å²) < 4.78 is 1.11. The van der Waals surface area contributed by atoms with E-state index < -0.39 is 0 Å². The summed E-state index contributed by atoms with van der Waals surface area (Å²) in [5, 5.41) is 3.99. The molecule has 0 spiro atoms. The number of carbonyl (C=O) groups is 2. The smallest absolute Gasteiger partial charge is 0.232 e. The number of carbonyl (C=O) groups excluding carboxylic acids is 2. The lowest BCUT2D eigenvalue weighted by atomic mass is 9.44. The molecule has 1 aromatic heterocycles. The summed E-state index contributed by atoms with van der Waals surface area (Å²) in [6.45, 7) is 0. The zero-order valence-corrected chi connectivity index (χ0v) is 21.1. The van der Waals surface area contributed by atoms with Gasteiger partial charge in [-0.25, -0.2) is 4.98 Å². The first kappa shape index (κ1) is 21.2. The Hall–Kier alpha value is -1.95. The van der Waals surface area contributed by atoms with Crippen LogP contribution in [0.25, 0.3) is 10.2 Å². The van der Waals surface area contributed by atoms with Gasteiger partial charge in [0.2, 0.25) is 11.8 Å². The fraction of sp³-hybridized carbons (Fsp3) is 0.690. The zero-order chi connectivity index (χ0) is 23.5. The molecular weight excluding hydrogens is 454 g/mol. The topological polar surface area (TPSA) is 85.1 Å². The molecule has 0 saturated heterocycles. The molecule has 3 N–H and O–H groups in total. The van der Waals surface area contributed by atoms with E-state index in [2.05, 4.69) is 23.5 Å². The average Bonchev–Trinajstić information content (AvgIpc) is 3.19. The standard InChI is InChI=1S/C29H35N3O2S/c30-25(33)29-13-18-6-19(14-29)8-21(7-18)24(29)20-1-2-22-23(9-20)35-27(31-22)32-26(34)28-10-15-3-16(11-28)5-17(4-15)12-28/h1-2,9,15-19,21,24H,3-8,10-14H2,(H2,30,33)(H,31,32,34). The fourth-order valence-corrected chi connectivity index (χ4v) is 11.7. The zero-order valence-electron chi connectivity index (χ0n) is 20.3. The number of thiazole rings is 1. The first-order valence-corrected chi connectivity index (χ1v) is 14.7. The summed E-state index contributed by atoms with van der Waals surface area (Å²) in [5.41, 5.74) is 7.78. The summed E-state index contributed by atoms with van der Waals surface area (Å²) in [6, 6.07) is 6.54. The van der Waals surface area contributed by atoms with Crippen LogP contribution in [0.2, 0.25) is 0 Å². The number of benzene rings is 1. The molecular formula is C29H35N3O2S. The van der Waals surface area contributed by atoms with Crippen molar-refractivity contribution in [3.05, 3.63) is 23.8 Å². The van der Waals surface area contributed by atoms with Crippen LogP contribution in [0, 0.1) is 46.3 Å². The highest BCUT2D eigenvalue weighted by Crippen LogP contribution is 2.66. The van der Waals surface area contributed by atoms with Crippen molar-refractivity contribution < 1.29 is 9.59 Å². The summed E-state index contributed by atoms with van der Waals surface area (Å²) in [5.74, 6) is 4.53. The lowest BCUT2D eigenvalue weighted by molar-refractivity contribution is -0.147. The highest BCUT2D eigenvalue weighted by molar-refractivity contribution is 7.22. The first-order chi connectivity index (χ1) is 16.9. The Morgan fingerprint density at radius 2 is 1.49 bits per heavy atom. The molecule has 184 valence electrons. The van der Waals surface area contributed by atoms with Crippen LogP contribution >= 0.6 is 11.3 Å². The third-order valence-corrected chi connectivity index (χ3v) is 12.2. The number of nitrogens with zero attached hydrogens (tertiary/aromatic N) is 1. The normalized spacial score (nSPS) is 44.7. The van der Waals surface area contributed by atoms with Gasteiger partial charge >= 0.3 is 0 Å². The van der Waals surface area contributed by atoms with E-state index >= 15 is 0 Å². The molecule has 2 aromatic rings. The Morgan fingerprint density at radius 3 is 2.09 bits per heavy atom. The Bertz CT molecular complexity index is 1200. The Kier molecular flexibility index (Phi) is 4.28. The van der Waals surface area contributed by atoms with Crippen molar-refractivity contribution in [3.8, 4) is 0 Å². The Morgan fingerprint density at radius 1 is 0.886 bits per heavy atom. The number of amides is 2. The number of aromatic nitrogens is 1. The predicted molar refractivity (Wildman–Crippen MR) is 137 cm³/mol. The minimum Gasteiger partial charge on any atom is -0.369 e. The molecule has 6 heteroatoms. The number of nitrogens with two attached hydrogens (primary N) is 1. The maximum absolute atomic E-state index is 13.5. The molecule has 1 aromatic carbocycles. The average molecular weight is 490 g/mol. The third-order valence-electron chi connectivity index (χ3n) is 11.3. The van der Waals surface area contributed by atoms with Crippen LogP contribution in [-0.2, 0) is 9.59 Å². The first-order valence-electron chi connectivity index (χ1n) is 13.9. The molecule has 3 unspecified atom stereocenters. The highest BCUT2D eigenvalue weighted by Gasteiger charge is 2.60. The maximum Gasteiger partial charge on any atom is 0.232 e. The molecule has 8 aliphatic carbocycles. The van der Waals surface area contributed by atoms with Gasteiger partial charge < -0.3 is 11.1 Å². The molecule has 8 bridgehead atoms. The lowest BCUT2D eigenvalue weighted by Crippen LogP contribution is -2.57. The highest BCUT2D eigenvalue weighted by atomic mass is 32.1. The molecule has 8 aliphatic rings. The maximum atomic E-state index is 13.5. The fourth-order valence-electron chi connectivity index (χ4n) is 10.8. The number of hydrogen-bond acceptors (Lipinski definition) is 4. The van der Waals surface area contributed by atoms with Crippen LogP contribution in [0.1, 0.15) is 82.1 Å². The second-order valence-corrected chi connectivity index (χ2v) is 14.5. The minimum atomic E-state index is -0.372. The van der Waals surface area contributed by atoms with E-state index in [1.54, 1.807) is 11.3 Å². The van der Waals surface area contributed by atoms with Crippen LogP contribution < -0.4 is 11.1 Å². The monoisotopic (exact) mass is 489 g/mol. The van der Waals surface area contributed by atoms with E-state index in [1.165, 1.54) is 44.1 Å². The Labute approximate surface area is 210 Å². The molecule has 8 fully saturated rings. The van der Waals surface area contributed by atoms with Crippen LogP contribution in [0.3, 0.4) is 0 Å². The predicted octanol–water partition coefficient (Wildman–Crippen LogP) is 5.85. The van der Waals surface area contributed by atoms with Gasteiger partial charge in [-0.1, -0.05) is 17.4 Å². The lowest BCUT2D eigenvalue weighted by Gasteiger charge is -2.60. The van der Waals surface area contributed by atoms with Gasteiger partial charge in [-0.3, -0.25) is 9.59 Å². The van der Waals surface area contributed by atoms with Crippen molar-refractivity contribution in [1.82, 2.24) is 4.98 Å². The molecule has 1 heterocycles. The number of anilines is 1. The third kappa shape index (κ3) is 3.01. The summed E-state index contributed by atoms with van der Waals surface area (Å²) in [6.07, 6.45) is 12.9. The van der Waals surface area contributed by atoms with E-state index in [1.807, 2.05) is 0 Å². The van der Waals surface area contributed by atoms with Gasteiger partial charge in [-0.05, 0) is 124 Å². The molecule has 35 heavy (non-hydrogen) atoms. The quantitative estimate of drug-likeness (QED) is 0.565. The van der Waals surface area contributed by atoms with Gasteiger partial charge in [-0.2, -0.15) is 0 Å². The molecule has 2 amide bonds. The molecule has 3 atom stereocenters. The van der Waals surface area contributed by atoms with Crippen LogP contribution in [-0.4, -0.2) is 16.8 Å². The van der Waals surface area contributed by atoms with Gasteiger partial charge in [0.15, 0.2) is 5.13 Å². The second kappa shape index (κ2) is 7.08. The summed E-state index contributed by atoms with van der Waals surface area (Å²) >= 11 is 1.59. The van der Waals surface area contributed by atoms with Crippen LogP contribution in [0.15, 0.2) is 18.2 Å². The van der Waals surface area contributed by atoms with E-state index in [4.69, 9.17) is 10.7 Å². The largest absolute Gasteiger partial charge is 0.369 e.